The molecule has 0 spiro atoms. The minimum Gasteiger partial charge on any atom is -0.496 e. The lowest BCUT2D eigenvalue weighted by atomic mass is 10.1. The molecular weight excluding hydrogens is 148 g/mol. The molecule has 0 aliphatic carbocycles. The topological polar surface area (TPSA) is 9.23 Å². The van der Waals surface area contributed by atoms with Crippen LogP contribution in [0.3, 0.4) is 0 Å². The minimum absolute atomic E-state index is 0.786. The Morgan fingerprint density at radius 1 is 1.08 bits per heavy atom. The van der Waals surface area contributed by atoms with Crippen LogP contribution in [0, 0.1) is 6.07 Å². The maximum atomic E-state index is 5.07. The van der Waals surface area contributed by atoms with Crippen molar-refractivity contribution >= 4 is 10.8 Å². The van der Waals surface area contributed by atoms with Crippen LogP contribution in [0.4, 0.5) is 0 Å². The highest BCUT2D eigenvalue weighted by molar-refractivity contribution is 5.82. The fraction of sp³-hybridized carbons (Fsp3) is 0.0909. The van der Waals surface area contributed by atoms with Crippen LogP contribution in [-0.2, 0) is 0 Å². The van der Waals surface area contributed by atoms with Crippen molar-refractivity contribution in [3.8, 4) is 5.75 Å². The first-order valence-corrected chi connectivity index (χ1v) is 3.85. The van der Waals surface area contributed by atoms with Crippen LogP contribution in [0.1, 0.15) is 0 Å². The van der Waals surface area contributed by atoms with Gasteiger partial charge in [-0.05, 0) is 16.8 Å². The second kappa shape index (κ2) is 2.86. The van der Waals surface area contributed by atoms with Crippen molar-refractivity contribution in [1.82, 2.24) is 0 Å². The number of fused-ring (bicyclic) bond motifs is 1. The van der Waals surface area contributed by atoms with Crippen LogP contribution < -0.4 is 4.74 Å². The van der Waals surface area contributed by atoms with E-state index >= 15 is 0 Å². The maximum Gasteiger partial charge on any atom is 0.127 e. The first-order chi connectivity index (χ1) is 5.90. The van der Waals surface area contributed by atoms with Crippen molar-refractivity contribution in [1.29, 1.82) is 0 Å². The highest BCUT2D eigenvalue weighted by atomic mass is 16.5. The van der Waals surface area contributed by atoms with Crippen LogP contribution in [0.5, 0.6) is 5.75 Å². The fourth-order valence-corrected chi connectivity index (χ4v) is 1.22. The van der Waals surface area contributed by atoms with Crippen molar-refractivity contribution in [2.75, 3.05) is 7.11 Å². The molecule has 12 heavy (non-hydrogen) atoms. The first kappa shape index (κ1) is 7.17. The van der Waals surface area contributed by atoms with E-state index in [4.69, 9.17) is 4.74 Å². The maximum absolute atomic E-state index is 5.07. The zero-order chi connectivity index (χ0) is 8.39. The second-order valence-electron chi connectivity index (χ2n) is 2.61. The van der Waals surface area contributed by atoms with Gasteiger partial charge in [-0.25, -0.2) is 0 Å². The number of hydrogen-bond acceptors (Lipinski definition) is 1. The molecule has 0 aliphatic rings. The molecule has 0 fully saturated rings. The molecule has 0 aromatic heterocycles. The van der Waals surface area contributed by atoms with E-state index in [1.54, 1.807) is 7.11 Å². The van der Waals surface area contributed by atoms with Crippen LogP contribution in [0.2, 0.25) is 0 Å². The van der Waals surface area contributed by atoms with E-state index in [1.807, 2.05) is 30.3 Å². The summed E-state index contributed by atoms with van der Waals surface area (Å²) in [5, 5.41) is 2.29. The van der Waals surface area contributed by atoms with E-state index in [0.717, 1.165) is 11.1 Å². The molecule has 0 aliphatic heterocycles. The minimum atomic E-state index is 0.786. The number of rotatable bonds is 1. The number of benzene rings is 2. The normalized spacial score (nSPS) is 10.1. The molecule has 2 aromatic rings. The molecule has 0 unspecified atom stereocenters. The third kappa shape index (κ3) is 1.14. The number of hydrogen-bond donors (Lipinski definition) is 0. The van der Waals surface area contributed by atoms with E-state index in [9.17, 15) is 0 Å². The Morgan fingerprint density at radius 2 is 1.92 bits per heavy atom. The number of methoxy groups -OCH3 is 1. The smallest absolute Gasteiger partial charge is 0.127 e. The van der Waals surface area contributed by atoms with Gasteiger partial charge >= 0.3 is 0 Å². The van der Waals surface area contributed by atoms with Crippen molar-refractivity contribution in [3.63, 3.8) is 0 Å². The van der Waals surface area contributed by atoms with Crippen LogP contribution in [-0.4, -0.2) is 7.11 Å². The summed E-state index contributed by atoms with van der Waals surface area (Å²) in [6.07, 6.45) is 0. The second-order valence-corrected chi connectivity index (χ2v) is 2.61. The summed E-state index contributed by atoms with van der Waals surface area (Å²) in [7, 11) is 1.65. The van der Waals surface area contributed by atoms with Gasteiger partial charge < -0.3 is 4.74 Å². The Balaban J connectivity index is 2.67. The Labute approximate surface area is 71.6 Å². The Kier molecular flexibility index (Phi) is 1.71. The average molecular weight is 157 g/mol. The molecule has 0 heterocycles. The summed E-state index contributed by atoms with van der Waals surface area (Å²) < 4.78 is 5.07. The molecule has 59 valence electrons. The Bertz CT molecular complexity index is 393. The van der Waals surface area contributed by atoms with Gasteiger partial charge in [0.15, 0.2) is 0 Å². The van der Waals surface area contributed by atoms with Gasteiger partial charge in [0, 0.05) is 6.07 Å². The summed E-state index contributed by atoms with van der Waals surface area (Å²) >= 11 is 0. The average Bonchev–Trinajstić information content (AvgIpc) is 2.17. The van der Waals surface area contributed by atoms with Gasteiger partial charge in [-0.2, -0.15) is 0 Å². The van der Waals surface area contributed by atoms with Gasteiger partial charge in [0.1, 0.15) is 5.75 Å². The third-order valence-corrected chi connectivity index (χ3v) is 1.85. The van der Waals surface area contributed by atoms with E-state index in [-0.39, 0.29) is 0 Å². The standard InChI is InChI=1S/C11H9O/c1-12-11-7-6-9-4-2-3-5-10(9)8-11/h2-7H,1H3. The zero-order valence-corrected chi connectivity index (χ0v) is 6.87. The van der Waals surface area contributed by atoms with Gasteiger partial charge in [-0.3, -0.25) is 0 Å². The fourth-order valence-electron chi connectivity index (χ4n) is 1.22. The monoisotopic (exact) mass is 157 g/mol. The molecule has 0 saturated heterocycles. The van der Waals surface area contributed by atoms with E-state index in [0.29, 0.717) is 0 Å². The summed E-state index contributed by atoms with van der Waals surface area (Å²) in [5.74, 6) is 0.786. The van der Waals surface area contributed by atoms with Crippen LogP contribution in [0.15, 0.2) is 36.4 Å². The molecule has 1 nitrogen and oxygen atoms in total. The summed E-state index contributed by atoms with van der Waals surface area (Å²) in [5.41, 5.74) is 0. The molecule has 0 saturated carbocycles. The molecule has 0 atom stereocenters. The molecule has 0 amide bonds. The lowest BCUT2D eigenvalue weighted by Crippen LogP contribution is -1.81. The Hall–Kier alpha value is -1.50. The summed E-state index contributed by atoms with van der Waals surface area (Å²) in [6, 6.07) is 15.2. The third-order valence-electron chi connectivity index (χ3n) is 1.85. The van der Waals surface area contributed by atoms with Gasteiger partial charge in [-0.15, -0.1) is 0 Å². The van der Waals surface area contributed by atoms with E-state index < -0.39 is 0 Å². The number of ether oxygens (including phenoxy) is 1. The van der Waals surface area contributed by atoms with Crippen LogP contribution >= 0.6 is 0 Å². The van der Waals surface area contributed by atoms with Crippen molar-refractivity contribution in [2.24, 2.45) is 0 Å². The Morgan fingerprint density at radius 3 is 2.75 bits per heavy atom. The van der Waals surface area contributed by atoms with Crippen molar-refractivity contribution in [3.05, 3.63) is 42.5 Å². The molecule has 1 radical (unpaired) electrons. The summed E-state index contributed by atoms with van der Waals surface area (Å²) in [4.78, 5) is 0. The molecular formula is C11H9O. The lowest BCUT2D eigenvalue weighted by Gasteiger charge is -2.00. The molecule has 2 aromatic carbocycles. The molecule has 2 rings (SSSR count). The highest BCUT2D eigenvalue weighted by Crippen LogP contribution is 2.18. The largest absolute Gasteiger partial charge is 0.496 e. The van der Waals surface area contributed by atoms with Crippen molar-refractivity contribution < 1.29 is 4.74 Å². The first-order valence-electron chi connectivity index (χ1n) is 3.85. The zero-order valence-electron chi connectivity index (χ0n) is 6.87. The highest BCUT2D eigenvalue weighted by Gasteiger charge is 1.94. The predicted octanol–water partition coefficient (Wildman–Crippen LogP) is 2.65. The van der Waals surface area contributed by atoms with E-state index in [1.165, 1.54) is 5.39 Å². The SMILES string of the molecule is COc1[c]c2ccccc2cc1. The molecule has 1 heteroatoms. The van der Waals surface area contributed by atoms with Gasteiger partial charge in [0.05, 0.1) is 7.11 Å². The predicted molar refractivity (Wildman–Crippen MR) is 49.3 cm³/mol. The molecule has 0 N–H and O–H groups in total. The lowest BCUT2D eigenvalue weighted by molar-refractivity contribution is 0.414. The van der Waals surface area contributed by atoms with Gasteiger partial charge in [0.2, 0.25) is 0 Å². The summed E-state index contributed by atoms with van der Waals surface area (Å²) in [6.45, 7) is 0. The van der Waals surface area contributed by atoms with Crippen molar-refractivity contribution in [2.45, 2.75) is 0 Å². The quantitative estimate of drug-likeness (QED) is 0.618. The van der Waals surface area contributed by atoms with Crippen LogP contribution in [0.25, 0.3) is 10.8 Å². The van der Waals surface area contributed by atoms with Gasteiger partial charge in [-0.1, -0.05) is 30.3 Å². The van der Waals surface area contributed by atoms with Gasteiger partial charge in [0.25, 0.3) is 0 Å². The molecule has 0 bridgehead atoms. The van der Waals surface area contributed by atoms with E-state index in [2.05, 4.69) is 12.1 Å².